The fraction of sp³-hybridized carbons (Fsp3) is 0.176. The van der Waals surface area contributed by atoms with Crippen molar-refractivity contribution in [2.75, 3.05) is 11.9 Å². The number of para-hydroxylation sites is 1. The SMILES string of the molecule is CCCOC(=O)c1ccc2nc(Nc3ccccc3)sc2c1. The molecule has 3 aromatic rings. The van der Waals surface area contributed by atoms with E-state index >= 15 is 0 Å². The molecule has 0 aliphatic rings. The summed E-state index contributed by atoms with van der Waals surface area (Å²) in [7, 11) is 0. The van der Waals surface area contributed by atoms with E-state index < -0.39 is 0 Å². The van der Waals surface area contributed by atoms with Gasteiger partial charge in [0.25, 0.3) is 0 Å². The summed E-state index contributed by atoms with van der Waals surface area (Å²) in [6, 6.07) is 15.3. The Kier molecular flexibility index (Phi) is 4.34. The van der Waals surface area contributed by atoms with Crippen LogP contribution in [0.5, 0.6) is 0 Å². The Labute approximate surface area is 132 Å². The first-order chi connectivity index (χ1) is 10.8. The quantitative estimate of drug-likeness (QED) is 0.699. The van der Waals surface area contributed by atoms with Crippen LogP contribution >= 0.6 is 11.3 Å². The van der Waals surface area contributed by atoms with Gasteiger partial charge >= 0.3 is 5.97 Å². The molecular formula is C17H16N2O2S. The zero-order chi connectivity index (χ0) is 15.4. The van der Waals surface area contributed by atoms with Gasteiger partial charge in [0, 0.05) is 5.69 Å². The van der Waals surface area contributed by atoms with E-state index in [0.717, 1.165) is 27.5 Å². The summed E-state index contributed by atoms with van der Waals surface area (Å²) in [5.74, 6) is -0.283. The molecule has 0 amide bonds. The Morgan fingerprint density at radius 1 is 1.23 bits per heavy atom. The number of hydrogen-bond acceptors (Lipinski definition) is 5. The minimum atomic E-state index is -0.283. The van der Waals surface area contributed by atoms with Crippen molar-refractivity contribution in [2.45, 2.75) is 13.3 Å². The number of carbonyl (C=O) groups excluding carboxylic acids is 1. The van der Waals surface area contributed by atoms with E-state index in [2.05, 4.69) is 10.3 Å². The monoisotopic (exact) mass is 312 g/mol. The van der Waals surface area contributed by atoms with Crippen LogP contribution in [0.4, 0.5) is 10.8 Å². The fourth-order valence-corrected chi connectivity index (χ4v) is 2.95. The minimum absolute atomic E-state index is 0.283. The summed E-state index contributed by atoms with van der Waals surface area (Å²) in [6.45, 7) is 2.42. The molecule has 0 fully saturated rings. The maximum Gasteiger partial charge on any atom is 0.338 e. The third-order valence-electron chi connectivity index (χ3n) is 3.09. The van der Waals surface area contributed by atoms with Gasteiger partial charge < -0.3 is 10.1 Å². The van der Waals surface area contributed by atoms with Crippen LogP contribution in [0.1, 0.15) is 23.7 Å². The molecule has 1 N–H and O–H groups in total. The van der Waals surface area contributed by atoms with Crippen LogP contribution in [0, 0.1) is 0 Å². The van der Waals surface area contributed by atoms with Gasteiger partial charge in [0.05, 0.1) is 22.4 Å². The number of anilines is 2. The number of benzene rings is 2. The van der Waals surface area contributed by atoms with Crippen LogP contribution in [-0.2, 0) is 4.74 Å². The molecule has 4 nitrogen and oxygen atoms in total. The molecule has 0 aliphatic carbocycles. The van der Waals surface area contributed by atoms with Crippen molar-refractivity contribution >= 4 is 38.3 Å². The molecule has 0 spiro atoms. The smallest absolute Gasteiger partial charge is 0.338 e. The second-order valence-electron chi connectivity index (χ2n) is 4.83. The predicted molar refractivity (Wildman–Crippen MR) is 89.9 cm³/mol. The normalized spacial score (nSPS) is 10.6. The van der Waals surface area contributed by atoms with Gasteiger partial charge in [-0.2, -0.15) is 0 Å². The zero-order valence-corrected chi connectivity index (χ0v) is 13.0. The second kappa shape index (κ2) is 6.58. The molecule has 0 unspecified atom stereocenters. The number of fused-ring (bicyclic) bond motifs is 1. The highest BCUT2D eigenvalue weighted by Crippen LogP contribution is 2.29. The topological polar surface area (TPSA) is 51.2 Å². The second-order valence-corrected chi connectivity index (χ2v) is 5.86. The fourth-order valence-electron chi connectivity index (χ4n) is 2.03. The van der Waals surface area contributed by atoms with Crippen molar-refractivity contribution in [2.24, 2.45) is 0 Å². The third kappa shape index (κ3) is 3.26. The highest BCUT2D eigenvalue weighted by molar-refractivity contribution is 7.22. The van der Waals surface area contributed by atoms with E-state index in [1.54, 1.807) is 6.07 Å². The van der Waals surface area contributed by atoms with E-state index in [9.17, 15) is 4.79 Å². The number of nitrogens with one attached hydrogen (secondary N) is 1. The van der Waals surface area contributed by atoms with E-state index in [-0.39, 0.29) is 5.97 Å². The Bertz CT molecular complexity index is 784. The summed E-state index contributed by atoms with van der Waals surface area (Å²) in [5, 5.41) is 4.07. The highest BCUT2D eigenvalue weighted by atomic mass is 32.1. The first-order valence-electron chi connectivity index (χ1n) is 7.16. The Balaban J connectivity index is 1.82. The number of nitrogens with zero attached hydrogens (tertiary/aromatic N) is 1. The van der Waals surface area contributed by atoms with Crippen molar-refractivity contribution in [3.8, 4) is 0 Å². The average molecular weight is 312 g/mol. The number of thiazole rings is 1. The van der Waals surface area contributed by atoms with E-state index in [4.69, 9.17) is 4.74 Å². The van der Waals surface area contributed by atoms with E-state index in [1.165, 1.54) is 11.3 Å². The summed E-state index contributed by atoms with van der Waals surface area (Å²) in [4.78, 5) is 16.4. The number of ether oxygens (including phenoxy) is 1. The first-order valence-corrected chi connectivity index (χ1v) is 7.97. The lowest BCUT2D eigenvalue weighted by molar-refractivity contribution is 0.0505. The van der Waals surface area contributed by atoms with Crippen LogP contribution in [0.15, 0.2) is 48.5 Å². The van der Waals surface area contributed by atoms with Crippen LogP contribution in [0.25, 0.3) is 10.2 Å². The lowest BCUT2D eigenvalue weighted by Crippen LogP contribution is -2.05. The molecule has 0 saturated heterocycles. The Morgan fingerprint density at radius 2 is 2.05 bits per heavy atom. The molecule has 3 rings (SSSR count). The lowest BCUT2D eigenvalue weighted by atomic mass is 10.2. The number of rotatable bonds is 5. The largest absolute Gasteiger partial charge is 0.462 e. The first kappa shape index (κ1) is 14.5. The van der Waals surface area contributed by atoms with Gasteiger partial charge in [-0.3, -0.25) is 0 Å². The van der Waals surface area contributed by atoms with Gasteiger partial charge in [0.2, 0.25) is 0 Å². The van der Waals surface area contributed by atoms with Gasteiger partial charge in [0.1, 0.15) is 0 Å². The number of aromatic nitrogens is 1. The van der Waals surface area contributed by atoms with Crippen LogP contribution in [0.2, 0.25) is 0 Å². The van der Waals surface area contributed by atoms with Crippen molar-refractivity contribution < 1.29 is 9.53 Å². The zero-order valence-electron chi connectivity index (χ0n) is 12.2. The third-order valence-corrected chi connectivity index (χ3v) is 4.02. The molecule has 112 valence electrons. The van der Waals surface area contributed by atoms with Gasteiger partial charge in [-0.1, -0.05) is 36.5 Å². The molecule has 0 radical (unpaired) electrons. The summed E-state index contributed by atoms with van der Waals surface area (Å²) >= 11 is 1.52. The number of hydrogen-bond donors (Lipinski definition) is 1. The molecule has 2 aromatic carbocycles. The molecular weight excluding hydrogens is 296 g/mol. The van der Waals surface area contributed by atoms with Gasteiger partial charge in [0.15, 0.2) is 5.13 Å². The molecule has 0 saturated carbocycles. The molecule has 5 heteroatoms. The van der Waals surface area contributed by atoms with Crippen LogP contribution in [0.3, 0.4) is 0 Å². The predicted octanol–water partition coefficient (Wildman–Crippen LogP) is 4.61. The van der Waals surface area contributed by atoms with Crippen molar-refractivity contribution in [1.29, 1.82) is 0 Å². The molecule has 0 atom stereocenters. The summed E-state index contributed by atoms with van der Waals surface area (Å²) in [5.41, 5.74) is 2.43. The van der Waals surface area contributed by atoms with E-state index in [0.29, 0.717) is 12.2 Å². The average Bonchev–Trinajstić information content (AvgIpc) is 2.94. The van der Waals surface area contributed by atoms with Crippen LogP contribution < -0.4 is 5.32 Å². The van der Waals surface area contributed by atoms with Crippen molar-refractivity contribution in [3.63, 3.8) is 0 Å². The van der Waals surface area contributed by atoms with Gasteiger partial charge in [-0.15, -0.1) is 0 Å². The molecule has 1 aromatic heterocycles. The van der Waals surface area contributed by atoms with Crippen LogP contribution in [-0.4, -0.2) is 17.6 Å². The molecule has 0 aliphatic heterocycles. The summed E-state index contributed by atoms with van der Waals surface area (Å²) in [6.07, 6.45) is 0.819. The van der Waals surface area contributed by atoms with Crippen molar-refractivity contribution in [1.82, 2.24) is 4.98 Å². The van der Waals surface area contributed by atoms with Crippen molar-refractivity contribution in [3.05, 3.63) is 54.1 Å². The number of esters is 1. The standard InChI is InChI=1S/C17H16N2O2S/c1-2-10-21-16(20)12-8-9-14-15(11-12)22-17(19-14)18-13-6-4-3-5-7-13/h3-9,11H,2,10H2,1H3,(H,18,19). The highest BCUT2D eigenvalue weighted by Gasteiger charge is 2.10. The molecule has 0 bridgehead atoms. The Morgan fingerprint density at radius 3 is 2.82 bits per heavy atom. The summed E-state index contributed by atoms with van der Waals surface area (Å²) < 4.78 is 6.12. The Hall–Kier alpha value is -2.40. The number of carbonyl (C=O) groups is 1. The maximum atomic E-state index is 11.9. The molecule has 22 heavy (non-hydrogen) atoms. The van der Waals surface area contributed by atoms with Gasteiger partial charge in [-0.25, -0.2) is 9.78 Å². The maximum absolute atomic E-state index is 11.9. The van der Waals surface area contributed by atoms with E-state index in [1.807, 2.05) is 49.4 Å². The molecule has 1 heterocycles. The van der Waals surface area contributed by atoms with Gasteiger partial charge in [-0.05, 0) is 36.8 Å². The minimum Gasteiger partial charge on any atom is -0.462 e. The lowest BCUT2D eigenvalue weighted by Gasteiger charge is -2.02.